The van der Waals surface area contributed by atoms with Gasteiger partial charge < -0.3 is 10.1 Å². The van der Waals surface area contributed by atoms with Crippen LogP contribution in [0.5, 0.6) is 5.75 Å². The summed E-state index contributed by atoms with van der Waals surface area (Å²) in [6, 6.07) is 17.3. The maximum atomic E-state index is 12.9. The molecular formula is C24H22N2O4S. The zero-order valence-corrected chi connectivity index (χ0v) is 18.1. The van der Waals surface area contributed by atoms with Crippen molar-refractivity contribution < 1.29 is 17.9 Å². The van der Waals surface area contributed by atoms with Crippen molar-refractivity contribution >= 4 is 27.3 Å². The summed E-state index contributed by atoms with van der Waals surface area (Å²) in [7, 11) is -2.10. The van der Waals surface area contributed by atoms with Gasteiger partial charge >= 0.3 is 0 Å². The summed E-state index contributed by atoms with van der Waals surface area (Å²) in [6.07, 6.45) is 1.66. The van der Waals surface area contributed by atoms with E-state index in [0.29, 0.717) is 46.0 Å². The molecule has 31 heavy (non-hydrogen) atoms. The van der Waals surface area contributed by atoms with Crippen LogP contribution in [0.15, 0.2) is 78.2 Å². The smallest absolute Gasteiger partial charge is 0.264 e. The summed E-state index contributed by atoms with van der Waals surface area (Å²) in [5, 5.41) is 2.88. The predicted molar refractivity (Wildman–Crippen MR) is 122 cm³/mol. The number of sulfonamides is 1. The van der Waals surface area contributed by atoms with E-state index in [9.17, 15) is 13.2 Å². The number of amides is 1. The summed E-state index contributed by atoms with van der Waals surface area (Å²) < 4.78 is 32.5. The first kappa shape index (κ1) is 20.7. The van der Waals surface area contributed by atoms with Crippen molar-refractivity contribution in [1.29, 1.82) is 0 Å². The molecule has 3 aromatic carbocycles. The number of rotatable bonds is 5. The van der Waals surface area contributed by atoms with E-state index in [1.54, 1.807) is 73.7 Å². The van der Waals surface area contributed by atoms with E-state index in [4.69, 9.17) is 4.74 Å². The number of fused-ring (bicyclic) bond motifs is 3. The molecule has 0 aliphatic carbocycles. The molecule has 0 aromatic heterocycles. The Bertz CT molecular complexity index is 1280. The van der Waals surface area contributed by atoms with Crippen molar-refractivity contribution in [3.63, 3.8) is 0 Å². The van der Waals surface area contributed by atoms with Crippen LogP contribution in [0.25, 0.3) is 11.1 Å². The van der Waals surface area contributed by atoms with Gasteiger partial charge in [0.25, 0.3) is 15.9 Å². The zero-order valence-electron chi connectivity index (χ0n) is 17.3. The molecule has 0 spiro atoms. The fourth-order valence-corrected chi connectivity index (χ4v) is 5.19. The molecule has 3 aromatic rings. The molecule has 7 heteroatoms. The van der Waals surface area contributed by atoms with Crippen LogP contribution in [0, 0.1) is 6.92 Å². The number of nitrogens with zero attached hydrogens (tertiary/aromatic N) is 1. The van der Waals surface area contributed by atoms with Crippen molar-refractivity contribution in [2.75, 3.05) is 23.3 Å². The molecule has 1 heterocycles. The van der Waals surface area contributed by atoms with Gasteiger partial charge in [-0.2, -0.15) is 0 Å². The van der Waals surface area contributed by atoms with E-state index in [2.05, 4.69) is 11.9 Å². The van der Waals surface area contributed by atoms with Crippen molar-refractivity contribution in [2.24, 2.45) is 0 Å². The second-order valence-corrected chi connectivity index (χ2v) is 9.17. The predicted octanol–water partition coefficient (Wildman–Crippen LogP) is 4.62. The van der Waals surface area contributed by atoms with E-state index in [1.165, 1.54) is 11.4 Å². The summed E-state index contributed by atoms with van der Waals surface area (Å²) in [5.74, 6) is 0.405. The zero-order chi connectivity index (χ0) is 22.2. The normalized spacial score (nSPS) is 13.7. The lowest BCUT2D eigenvalue weighted by Crippen LogP contribution is -2.31. The van der Waals surface area contributed by atoms with E-state index in [1.807, 2.05) is 0 Å². The largest absolute Gasteiger partial charge is 0.490 e. The Morgan fingerprint density at radius 1 is 1.10 bits per heavy atom. The minimum atomic E-state index is -3.63. The van der Waals surface area contributed by atoms with Gasteiger partial charge in [-0.15, -0.1) is 0 Å². The molecule has 0 unspecified atom stereocenters. The van der Waals surface area contributed by atoms with Crippen LogP contribution in [-0.4, -0.2) is 28.0 Å². The van der Waals surface area contributed by atoms with Crippen molar-refractivity contribution in [3.05, 3.63) is 84.4 Å². The highest BCUT2D eigenvalue weighted by molar-refractivity contribution is 7.93. The van der Waals surface area contributed by atoms with Crippen LogP contribution in [0.1, 0.15) is 15.9 Å². The van der Waals surface area contributed by atoms with Crippen LogP contribution < -0.4 is 14.4 Å². The lowest BCUT2D eigenvalue weighted by molar-refractivity contribution is 0.102. The molecule has 1 amide bonds. The molecular weight excluding hydrogens is 412 g/mol. The monoisotopic (exact) mass is 434 g/mol. The van der Waals surface area contributed by atoms with E-state index in [0.717, 1.165) is 0 Å². The first-order chi connectivity index (χ1) is 14.8. The lowest BCUT2D eigenvalue weighted by Gasteiger charge is -2.31. The molecule has 158 valence electrons. The summed E-state index contributed by atoms with van der Waals surface area (Å²) in [6.45, 7) is 5.83. The van der Waals surface area contributed by atoms with Gasteiger partial charge in [-0.05, 0) is 55.0 Å². The fourth-order valence-electron chi connectivity index (χ4n) is 3.71. The molecule has 0 saturated carbocycles. The highest BCUT2D eigenvalue weighted by Crippen LogP contribution is 2.44. The van der Waals surface area contributed by atoms with E-state index >= 15 is 0 Å². The Balaban J connectivity index is 1.69. The Labute approximate surface area is 181 Å². The number of anilines is 2. The van der Waals surface area contributed by atoms with Crippen LogP contribution in [0.3, 0.4) is 0 Å². The van der Waals surface area contributed by atoms with E-state index < -0.39 is 10.0 Å². The van der Waals surface area contributed by atoms with Gasteiger partial charge in [-0.25, -0.2) is 8.42 Å². The summed E-state index contributed by atoms with van der Waals surface area (Å²) in [4.78, 5) is 13.2. The van der Waals surface area contributed by atoms with Crippen molar-refractivity contribution in [2.45, 2.75) is 11.8 Å². The standard InChI is InChI=1S/C24H22N2O4S/c1-4-13-30-19-11-9-18(10-12-19)25-24(27)17-14-16(2)23-21(15-17)20-7-5-6-8-22(20)31(28,29)26(23)3/h4-12,14-15H,1,13H2,2-3H3,(H,25,27). The fraction of sp³-hybridized carbons (Fsp3) is 0.125. The number of hydrogen-bond donors (Lipinski definition) is 1. The minimum Gasteiger partial charge on any atom is -0.490 e. The van der Waals surface area contributed by atoms with Gasteiger partial charge in [0.1, 0.15) is 12.4 Å². The number of hydrogen-bond acceptors (Lipinski definition) is 4. The van der Waals surface area contributed by atoms with Gasteiger partial charge in [0, 0.05) is 29.4 Å². The van der Waals surface area contributed by atoms with Gasteiger partial charge in [0.05, 0.1) is 10.6 Å². The maximum Gasteiger partial charge on any atom is 0.264 e. The molecule has 0 atom stereocenters. The molecule has 4 rings (SSSR count). The second-order valence-electron chi connectivity index (χ2n) is 7.24. The Hall–Kier alpha value is -3.58. The number of carbonyl (C=O) groups is 1. The topological polar surface area (TPSA) is 75.7 Å². The minimum absolute atomic E-state index is 0.233. The van der Waals surface area contributed by atoms with Crippen molar-refractivity contribution in [3.8, 4) is 16.9 Å². The molecule has 1 aliphatic heterocycles. The van der Waals surface area contributed by atoms with Crippen LogP contribution in [0.2, 0.25) is 0 Å². The van der Waals surface area contributed by atoms with E-state index in [-0.39, 0.29) is 10.8 Å². The summed E-state index contributed by atoms with van der Waals surface area (Å²) >= 11 is 0. The summed E-state index contributed by atoms with van der Waals surface area (Å²) in [5.41, 5.74) is 3.68. The number of carbonyl (C=O) groups excluding carboxylic acids is 1. The van der Waals surface area contributed by atoms with Crippen molar-refractivity contribution in [1.82, 2.24) is 0 Å². The average Bonchev–Trinajstić information content (AvgIpc) is 2.77. The number of benzene rings is 3. The van der Waals surface area contributed by atoms with Crippen LogP contribution >= 0.6 is 0 Å². The van der Waals surface area contributed by atoms with Gasteiger partial charge in [-0.3, -0.25) is 9.10 Å². The highest BCUT2D eigenvalue weighted by atomic mass is 32.2. The maximum absolute atomic E-state index is 12.9. The number of aryl methyl sites for hydroxylation is 1. The Kier molecular flexibility index (Phi) is 5.29. The third-order valence-corrected chi connectivity index (χ3v) is 6.99. The molecule has 0 saturated heterocycles. The first-order valence-corrected chi connectivity index (χ1v) is 11.1. The number of ether oxygens (including phenoxy) is 1. The van der Waals surface area contributed by atoms with Crippen LogP contribution in [0.4, 0.5) is 11.4 Å². The quantitative estimate of drug-likeness (QED) is 0.595. The van der Waals surface area contributed by atoms with Crippen LogP contribution in [-0.2, 0) is 10.0 Å². The first-order valence-electron chi connectivity index (χ1n) is 9.71. The molecule has 6 nitrogen and oxygen atoms in total. The molecule has 1 aliphatic rings. The Morgan fingerprint density at radius 3 is 2.52 bits per heavy atom. The third-order valence-electron chi connectivity index (χ3n) is 5.17. The Morgan fingerprint density at radius 2 is 1.81 bits per heavy atom. The highest BCUT2D eigenvalue weighted by Gasteiger charge is 2.33. The third kappa shape index (κ3) is 3.68. The SMILES string of the molecule is C=CCOc1ccc(NC(=O)c2cc(C)c3c(c2)-c2ccccc2S(=O)(=O)N3C)cc1. The molecule has 0 bridgehead atoms. The number of nitrogens with one attached hydrogen (secondary N) is 1. The average molecular weight is 435 g/mol. The lowest BCUT2D eigenvalue weighted by atomic mass is 9.96. The molecule has 1 N–H and O–H groups in total. The molecule has 0 radical (unpaired) electrons. The van der Waals surface area contributed by atoms with Gasteiger partial charge in [-0.1, -0.05) is 30.9 Å². The van der Waals surface area contributed by atoms with Gasteiger partial charge in [0.2, 0.25) is 0 Å². The second kappa shape index (κ2) is 7.92. The molecule has 0 fully saturated rings. The van der Waals surface area contributed by atoms with Gasteiger partial charge in [0.15, 0.2) is 0 Å².